The van der Waals surface area contributed by atoms with Crippen LogP contribution in [0.1, 0.15) is 13.3 Å². The van der Waals surface area contributed by atoms with Gasteiger partial charge in [-0.1, -0.05) is 0 Å². The highest BCUT2D eigenvalue weighted by atomic mass is 16.5. The molecule has 0 aliphatic carbocycles. The number of ether oxygens (including phenoxy) is 1. The number of nitrogens with zero attached hydrogens (tertiary/aromatic N) is 1. The highest BCUT2D eigenvalue weighted by Gasteiger charge is 2.43. The summed E-state index contributed by atoms with van der Waals surface area (Å²) in [6, 6.07) is -0.445. The molecule has 6 heteroatoms. The lowest BCUT2D eigenvalue weighted by molar-refractivity contribution is -0.147. The van der Waals surface area contributed by atoms with Gasteiger partial charge < -0.3 is 15.6 Å². The van der Waals surface area contributed by atoms with Crippen molar-refractivity contribution in [2.45, 2.75) is 24.9 Å². The monoisotopic (exact) mass is 216 g/mol. The second kappa shape index (κ2) is 4.16. The third-order valence-corrected chi connectivity index (χ3v) is 2.85. The summed E-state index contributed by atoms with van der Waals surface area (Å²) >= 11 is 0. The van der Waals surface area contributed by atoms with Crippen LogP contribution in [0, 0.1) is 0 Å². The molecule has 0 saturated carbocycles. The lowest BCUT2D eigenvalue weighted by Crippen LogP contribution is -2.51. The number of hydrogen-bond acceptors (Lipinski definition) is 5. The van der Waals surface area contributed by atoms with E-state index in [1.165, 1.54) is 7.11 Å². The Labute approximate surface area is 88.0 Å². The van der Waals surface area contributed by atoms with Gasteiger partial charge in [0.15, 0.2) is 0 Å². The molecule has 1 aliphatic rings. The minimum absolute atomic E-state index is 0.179. The van der Waals surface area contributed by atoms with E-state index in [9.17, 15) is 9.59 Å². The van der Waals surface area contributed by atoms with Gasteiger partial charge in [0.25, 0.3) is 0 Å². The van der Waals surface area contributed by atoms with Crippen LogP contribution >= 0.6 is 0 Å². The lowest BCUT2D eigenvalue weighted by atomic mass is 10.0. The Balaban J connectivity index is 2.64. The number of carboxylic acid groups (broad SMARTS) is 1. The lowest BCUT2D eigenvalue weighted by Gasteiger charge is -2.23. The molecule has 1 fully saturated rings. The molecule has 2 atom stereocenters. The number of carboxylic acids is 1. The van der Waals surface area contributed by atoms with Crippen molar-refractivity contribution >= 4 is 11.9 Å². The topological polar surface area (TPSA) is 92.9 Å². The molecule has 0 bridgehead atoms. The zero-order valence-electron chi connectivity index (χ0n) is 8.90. The summed E-state index contributed by atoms with van der Waals surface area (Å²) in [4.78, 5) is 23.8. The molecule has 2 unspecified atom stereocenters. The van der Waals surface area contributed by atoms with Crippen LogP contribution < -0.4 is 5.73 Å². The Morgan fingerprint density at radius 3 is 2.60 bits per heavy atom. The molecular weight excluding hydrogens is 200 g/mol. The first-order valence-corrected chi connectivity index (χ1v) is 4.75. The second-order valence-electron chi connectivity index (χ2n) is 3.88. The molecule has 0 aromatic heterocycles. The number of carbonyl (C=O) groups excluding carboxylic acids is 1. The average molecular weight is 216 g/mol. The molecule has 0 aromatic rings. The number of esters is 1. The zero-order chi connectivity index (χ0) is 11.6. The van der Waals surface area contributed by atoms with Crippen LogP contribution in [0.4, 0.5) is 0 Å². The van der Waals surface area contributed by atoms with E-state index in [4.69, 9.17) is 10.8 Å². The SMILES string of the molecule is COC(=O)C(C)N1CCC(N)(C(=O)O)C1. The number of methoxy groups -OCH3 is 1. The minimum atomic E-state index is -1.23. The van der Waals surface area contributed by atoms with Gasteiger partial charge in [-0.05, 0) is 13.3 Å². The molecule has 0 aromatic carbocycles. The molecule has 86 valence electrons. The maximum atomic E-state index is 11.2. The maximum Gasteiger partial charge on any atom is 0.325 e. The summed E-state index contributed by atoms with van der Waals surface area (Å²) in [5.41, 5.74) is 4.44. The van der Waals surface area contributed by atoms with Gasteiger partial charge in [-0.15, -0.1) is 0 Å². The predicted octanol–water partition coefficient (Wildman–Crippen LogP) is -0.964. The number of carbonyl (C=O) groups is 2. The van der Waals surface area contributed by atoms with Gasteiger partial charge in [-0.3, -0.25) is 14.5 Å². The fourth-order valence-corrected chi connectivity index (χ4v) is 1.69. The van der Waals surface area contributed by atoms with Crippen molar-refractivity contribution in [2.75, 3.05) is 20.2 Å². The van der Waals surface area contributed by atoms with E-state index in [1.54, 1.807) is 11.8 Å². The van der Waals surface area contributed by atoms with Gasteiger partial charge in [-0.25, -0.2) is 0 Å². The quantitative estimate of drug-likeness (QED) is 0.590. The average Bonchev–Trinajstić information content (AvgIpc) is 2.60. The van der Waals surface area contributed by atoms with E-state index in [-0.39, 0.29) is 12.5 Å². The normalized spacial score (nSPS) is 28.7. The fourth-order valence-electron chi connectivity index (χ4n) is 1.69. The summed E-state index contributed by atoms with van der Waals surface area (Å²) in [5, 5.41) is 8.90. The standard InChI is InChI=1S/C9H16N2O4/c1-6(7(12)15-2)11-4-3-9(10,5-11)8(13)14/h6H,3-5,10H2,1-2H3,(H,13,14). The molecular formula is C9H16N2O4. The van der Waals surface area contributed by atoms with Crippen molar-refractivity contribution in [3.05, 3.63) is 0 Å². The van der Waals surface area contributed by atoms with Crippen LogP contribution in [-0.2, 0) is 14.3 Å². The van der Waals surface area contributed by atoms with Gasteiger partial charge in [-0.2, -0.15) is 0 Å². The minimum Gasteiger partial charge on any atom is -0.480 e. The van der Waals surface area contributed by atoms with Crippen molar-refractivity contribution in [3.8, 4) is 0 Å². The summed E-state index contributed by atoms with van der Waals surface area (Å²) in [6.45, 7) is 2.36. The number of rotatable bonds is 3. The summed E-state index contributed by atoms with van der Waals surface area (Å²) in [5.74, 6) is -1.40. The Morgan fingerprint density at radius 1 is 1.60 bits per heavy atom. The third kappa shape index (κ3) is 2.27. The van der Waals surface area contributed by atoms with Crippen molar-refractivity contribution in [2.24, 2.45) is 5.73 Å². The molecule has 3 N–H and O–H groups in total. The van der Waals surface area contributed by atoms with E-state index >= 15 is 0 Å². The second-order valence-corrected chi connectivity index (χ2v) is 3.88. The van der Waals surface area contributed by atoms with Crippen molar-refractivity contribution in [3.63, 3.8) is 0 Å². The van der Waals surface area contributed by atoms with Gasteiger partial charge in [0.1, 0.15) is 11.6 Å². The first-order chi connectivity index (χ1) is 6.90. The number of hydrogen-bond donors (Lipinski definition) is 2. The molecule has 0 amide bonds. The Kier molecular flexibility index (Phi) is 3.31. The van der Waals surface area contributed by atoms with E-state index in [1.807, 2.05) is 0 Å². The number of likely N-dealkylation sites (tertiary alicyclic amines) is 1. The van der Waals surface area contributed by atoms with E-state index in [0.717, 1.165) is 0 Å². The largest absolute Gasteiger partial charge is 0.480 e. The molecule has 6 nitrogen and oxygen atoms in total. The van der Waals surface area contributed by atoms with Crippen LogP contribution in [0.25, 0.3) is 0 Å². The van der Waals surface area contributed by atoms with E-state index < -0.39 is 17.6 Å². The highest BCUT2D eigenvalue weighted by Crippen LogP contribution is 2.21. The van der Waals surface area contributed by atoms with Gasteiger partial charge >= 0.3 is 11.9 Å². The smallest absolute Gasteiger partial charge is 0.325 e. The Hall–Kier alpha value is -1.14. The first-order valence-electron chi connectivity index (χ1n) is 4.75. The van der Waals surface area contributed by atoms with E-state index in [0.29, 0.717) is 13.0 Å². The molecule has 1 saturated heterocycles. The third-order valence-electron chi connectivity index (χ3n) is 2.85. The van der Waals surface area contributed by atoms with Gasteiger partial charge in [0.05, 0.1) is 7.11 Å². The highest BCUT2D eigenvalue weighted by molar-refractivity contribution is 5.80. The van der Waals surface area contributed by atoms with E-state index in [2.05, 4.69) is 4.74 Å². The van der Waals surface area contributed by atoms with Crippen LogP contribution in [0.15, 0.2) is 0 Å². The molecule has 0 radical (unpaired) electrons. The number of nitrogens with two attached hydrogens (primary N) is 1. The Morgan fingerprint density at radius 2 is 2.20 bits per heavy atom. The van der Waals surface area contributed by atoms with Crippen molar-refractivity contribution in [1.29, 1.82) is 0 Å². The molecule has 15 heavy (non-hydrogen) atoms. The summed E-state index contributed by atoms with van der Waals surface area (Å²) in [7, 11) is 1.31. The van der Waals surface area contributed by atoms with Crippen LogP contribution in [0.3, 0.4) is 0 Å². The van der Waals surface area contributed by atoms with Crippen LogP contribution in [-0.4, -0.2) is 53.7 Å². The van der Waals surface area contributed by atoms with Crippen molar-refractivity contribution < 1.29 is 19.4 Å². The molecule has 1 heterocycles. The van der Waals surface area contributed by atoms with Crippen LogP contribution in [0.5, 0.6) is 0 Å². The molecule has 1 rings (SSSR count). The first kappa shape index (κ1) is 11.9. The molecule has 0 spiro atoms. The fraction of sp³-hybridized carbons (Fsp3) is 0.778. The Bertz CT molecular complexity index is 281. The van der Waals surface area contributed by atoms with Crippen molar-refractivity contribution in [1.82, 2.24) is 4.90 Å². The predicted molar refractivity (Wildman–Crippen MR) is 52.2 cm³/mol. The molecule has 1 aliphatic heterocycles. The van der Waals surface area contributed by atoms with Crippen LogP contribution in [0.2, 0.25) is 0 Å². The maximum absolute atomic E-state index is 11.2. The zero-order valence-corrected chi connectivity index (χ0v) is 8.90. The van der Waals surface area contributed by atoms with Gasteiger partial charge in [0, 0.05) is 13.1 Å². The summed E-state index contributed by atoms with van der Waals surface area (Å²) in [6.07, 6.45) is 0.351. The summed E-state index contributed by atoms with van der Waals surface area (Å²) < 4.78 is 4.58. The van der Waals surface area contributed by atoms with Gasteiger partial charge in [0.2, 0.25) is 0 Å². The number of aliphatic carboxylic acids is 1.